The summed E-state index contributed by atoms with van der Waals surface area (Å²) in [5.41, 5.74) is 0. The van der Waals surface area contributed by atoms with E-state index >= 15 is 0 Å². The molecule has 32 heavy (non-hydrogen) atoms. The van der Waals surface area contributed by atoms with Gasteiger partial charge >= 0.3 is 136 Å². The standard InChI is InChI=1S/C24H42IN2O5/c1-5-6-7-9-15-31-21-12-11-13-22(18-21)32-16-10-8-14-26-24(30)27-20(17-23(28)29)19-25(2,3)4/h11-13,18,20H,5-10,14-17,19H2,1-4H3,(H,28,29)(H2,26,27,30)/q-1/t20-/m1/s1. The van der Waals surface area contributed by atoms with E-state index in [0.717, 1.165) is 41.8 Å². The Balaban J connectivity index is 2.22. The number of hydrogen-bond donors (Lipinski definition) is 3. The summed E-state index contributed by atoms with van der Waals surface area (Å²) in [6, 6.07) is 7.08. The van der Waals surface area contributed by atoms with Crippen molar-refractivity contribution in [1.29, 1.82) is 0 Å². The number of nitrogens with one attached hydrogen (secondary N) is 2. The zero-order valence-electron chi connectivity index (χ0n) is 20.1. The van der Waals surface area contributed by atoms with Gasteiger partial charge in [-0.2, -0.15) is 0 Å². The topological polar surface area (TPSA) is 96.9 Å². The molecule has 0 bridgehead atoms. The normalized spacial score (nSPS) is 12.6. The van der Waals surface area contributed by atoms with Crippen molar-refractivity contribution in [2.45, 2.75) is 57.9 Å². The molecule has 0 fully saturated rings. The molecule has 1 atom stereocenters. The first-order valence-electron chi connectivity index (χ1n) is 11.4. The number of rotatable bonds is 17. The fourth-order valence-corrected chi connectivity index (χ4v) is 6.86. The van der Waals surface area contributed by atoms with Gasteiger partial charge in [0.1, 0.15) is 5.75 Å². The number of carboxylic acids is 1. The number of hydrogen-bond acceptors (Lipinski definition) is 4. The van der Waals surface area contributed by atoms with Gasteiger partial charge in [0.15, 0.2) is 0 Å². The molecular weight excluding hydrogens is 523 g/mol. The average molecular weight is 566 g/mol. The Labute approximate surface area is 197 Å². The first kappa shape index (κ1) is 28.3. The van der Waals surface area contributed by atoms with Crippen molar-refractivity contribution in [2.24, 2.45) is 0 Å². The Hall–Kier alpha value is -1.71. The predicted molar refractivity (Wildman–Crippen MR) is 126 cm³/mol. The van der Waals surface area contributed by atoms with Crippen molar-refractivity contribution in [3.8, 4) is 11.5 Å². The molecular formula is C24H42IN2O5-. The minimum atomic E-state index is -1.90. The van der Waals surface area contributed by atoms with E-state index < -0.39 is 24.4 Å². The second-order valence-electron chi connectivity index (χ2n) is 8.72. The number of carbonyl (C=O) groups is 2. The van der Waals surface area contributed by atoms with Gasteiger partial charge < -0.3 is 4.74 Å². The number of carbonyl (C=O) groups excluding carboxylic acids is 1. The monoisotopic (exact) mass is 565 g/mol. The van der Waals surface area contributed by atoms with E-state index in [-0.39, 0.29) is 18.5 Å². The van der Waals surface area contributed by atoms with Gasteiger partial charge in [-0.05, 0) is 12.5 Å². The van der Waals surface area contributed by atoms with Crippen LogP contribution in [0.5, 0.6) is 11.5 Å². The molecule has 0 heterocycles. The van der Waals surface area contributed by atoms with Crippen LogP contribution in [0.15, 0.2) is 24.3 Å². The molecule has 1 rings (SSSR count). The molecule has 186 valence electrons. The third-order valence-electron chi connectivity index (χ3n) is 4.60. The van der Waals surface area contributed by atoms with Crippen molar-refractivity contribution >= 4 is 12.0 Å². The third kappa shape index (κ3) is 15.2. The summed E-state index contributed by atoms with van der Waals surface area (Å²) in [5.74, 6) is 0.724. The Kier molecular flexibility index (Phi) is 14.2. The number of alkyl halides is 4. The van der Waals surface area contributed by atoms with Gasteiger partial charge in [0, 0.05) is 0 Å². The maximum atomic E-state index is 12.1. The number of amides is 2. The zero-order chi connectivity index (χ0) is 23.8. The van der Waals surface area contributed by atoms with E-state index in [1.54, 1.807) is 0 Å². The van der Waals surface area contributed by atoms with Crippen molar-refractivity contribution in [1.82, 2.24) is 10.6 Å². The van der Waals surface area contributed by atoms with E-state index in [0.29, 0.717) is 13.2 Å². The molecule has 0 unspecified atom stereocenters. The van der Waals surface area contributed by atoms with Crippen LogP contribution in [-0.2, 0) is 4.79 Å². The van der Waals surface area contributed by atoms with Gasteiger partial charge in [-0.1, -0.05) is 32.3 Å². The molecule has 0 aromatic heterocycles. The van der Waals surface area contributed by atoms with E-state index in [1.165, 1.54) is 19.3 Å². The summed E-state index contributed by atoms with van der Waals surface area (Å²) in [6.45, 7) is 4.00. The molecule has 1 aromatic carbocycles. The second-order valence-corrected chi connectivity index (χ2v) is 20.7. The predicted octanol–water partition coefficient (Wildman–Crippen LogP) is 0.997. The van der Waals surface area contributed by atoms with Crippen LogP contribution < -0.4 is 38.5 Å². The van der Waals surface area contributed by atoms with Gasteiger partial charge in [0.05, 0.1) is 6.61 Å². The molecule has 0 saturated carbocycles. The van der Waals surface area contributed by atoms with Gasteiger partial charge in [0.25, 0.3) is 0 Å². The van der Waals surface area contributed by atoms with Crippen LogP contribution in [-0.4, -0.2) is 62.1 Å². The SMILES string of the molecule is CCCCCCOc1cccc(OCCCCNC(=O)N[C@H](CC(=O)O)C[I-](C)(C)C)c1. The summed E-state index contributed by atoms with van der Waals surface area (Å²) in [7, 11) is 0. The number of urea groups is 1. The quantitative estimate of drug-likeness (QED) is 0.149. The number of unbranched alkanes of at least 4 members (excludes halogenated alkanes) is 4. The average Bonchev–Trinajstić information content (AvgIpc) is 2.69. The van der Waals surface area contributed by atoms with E-state index in [1.807, 2.05) is 24.3 Å². The summed E-state index contributed by atoms with van der Waals surface area (Å²) >= 11 is -1.90. The van der Waals surface area contributed by atoms with Gasteiger partial charge in [-0.3, -0.25) is 0 Å². The maximum absolute atomic E-state index is 12.1. The van der Waals surface area contributed by atoms with Crippen LogP contribution >= 0.6 is 0 Å². The number of carboxylic acid groups (broad SMARTS) is 1. The fourth-order valence-electron chi connectivity index (χ4n) is 3.14. The van der Waals surface area contributed by atoms with Crippen LogP contribution in [0.1, 0.15) is 51.9 Å². The molecule has 0 spiro atoms. The van der Waals surface area contributed by atoms with E-state index in [2.05, 4.69) is 32.3 Å². The summed E-state index contributed by atoms with van der Waals surface area (Å²) in [6.07, 6.45) is 6.26. The first-order valence-corrected chi connectivity index (χ1v) is 19.4. The molecule has 1 aromatic rings. The van der Waals surface area contributed by atoms with E-state index in [9.17, 15) is 9.59 Å². The Bertz CT molecular complexity index is 679. The summed E-state index contributed by atoms with van der Waals surface area (Å²) in [5, 5.41) is 14.7. The Morgan fingerprint density at radius 1 is 1.00 bits per heavy atom. The number of halogens is 1. The molecule has 0 radical (unpaired) electrons. The van der Waals surface area contributed by atoms with Crippen molar-refractivity contribution in [3.05, 3.63) is 24.3 Å². The second kappa shape index (κ2) is 16.0. The number of ether oxygens (including phenoxy) is 2. The molecule has 3 N–H and O–H groups in total. The molecule has 2 amide bonds. The zero-order valence-corrected chi connectivity index (χ0v) is 22.3. The minimum absolute atomic E-state index is 0.0383. The van der Waals surface area contributed by atoms with Gasteiger partial charge in [-0.15, -0.1) is 0 Å². The fraction of sp³-hybridized carbons (Fsp3) is 0.667. The van der Waals surface area contributed by atoms with Gasteiger partial charge in [-0.25, -0.2) is 0 Å². The molecule has 0 aliphatic carbocycles. The van der Waals surface area contributed by atoms with Crippen LogP contribution in [0.2, 0.25) is 0 Å². The van der Waals surface area contributed by atoms with Crippen LogP contribution in [0, 0.1) is 0 Å². The third-order valence-corrected chi connectivity index (χ3v) is 8.31. The Morgan fingerprint density at radius 3 is 2.19 bits per heavy atom. The number of benzene rings is 1. The first-order chi connectivity index (χ1) is 15.2. The molecule has 7 nitrogen and oxygen atoms in total. The van der Waals surface area contributed by atoms with Crippen LogP contribution in [0.4, 0.5) is 4.79 Å². The summed E-state index contributed by atoms with van der Waals surface area (Å²) < 4.78 is 12.4. The van der Waals surface area contributed by atoms with Crippen molar-refractivity contribution < 1.29 is 42.6 Å². The van der Waals surface area contributed by atoms with Crippen molar-refractivity contribution in [2.75, 3.05) is 39.0 Å². The molecule has 0 saturated heterocycles. The van der Waals surface area contributed by atoms with Crippen LogP contribution in [0.3, 0.4) is 0 Å². The number of aliphatic carboxylic acids is 1. The summed E-state index contributed by atoms with van der Waals surface area (Å²) in [4.78, 5) is 29.8. The molecule has 0 aliphatic rings. The molecule has 0 aliphatic heterocycles. The Morgan fingerprint density at radius 2 is 1.62 bits per heavy atom. The van der Waals surface area contributed by atoms with Crippen LogP contribution in [0.25, 0.3) is 0 Å². The van der Waals surface area contributed by atoms with Gasteiger partial charge in [0.2, 0.25) is 0 Å². The van der Waals surface area contributed by atoms with Crippen molar-refractivity contribution in [3.63, 3.8) is 0 Å². The molecule has 8 heteroatoms. The van der Waals surface area contributed by atoms with E-state index in [4.69, 9.17) is 14.6 Å².